The zero-order chi connectivity index (χ0) is 15.4. The summed E-state index contributed by atoms with van der Waals surface area (Å²) in [6.07, 6.45) is 0. The molecule has 0 radical (unpaired) electrons. The number of halogens is 3. The first-order chi connectivity index (χ1) is 9.99. The van der Waals surface area contributed by atoms with E-state index in [0.29, 0.717) is 14.2 Å². The second-order valence-corrected chi connectivity index (χ2v) is 5.61. The molecule has 108 valence electrons. The molecule has 2 N–H and O–H groups in total. The lowest BCUT2D eigenvalue weighted by molar-refractivity contribution is 0.0844. The van der Waals surface area contributed by atoms with Crippen molar-refractivity contribution in [2.24, 2.45) is 0 Å². The van der Waals surface area contributed by atoms with E-state index < -0.39 is 17.6 Å². The van der Waals surface area contributed by atoms with Gasteiger partial charge >= 0.3 is 0 Å². The van der Waals surface area contributed by atoms with E-state index in [1.54, 1.807) is 12.1 Å². The van der Waals surface area contributed by atoms with Crippen LogP contribution < -0.4 is 10.9 Å². The Balaban J connectivity index is 2.04. The first-order valence-electron chi connectivity index (χ1n) is 5.79. The minimum absolute atomic E-state index is 0.149. The molecule has 0 aliphatic carbocycles. The van der Waals surface area contributed by atoms with Crippen molar-refractivity contribution in [2.75, 3.05) is 0 Å². The topological polar surface area (TPSA) is 58.2 Å². The number of amides is 2. The Labute approximate surface area is 138 Å². The number of carbonyl (C=O) groups excluding carboxylic acids is 2. The summed E-state index contributed by atoms with van der Waals surface area (Å²) in [7, 11) is 0. The fraction of sp³-hybridized carbons (Fsp3) is 0. The molecule has 0 spiro atoms. The average molecular weight is 419 g/mol. The van der Waals surface area contributed by atoms with Gasteiger partial charge in [-0.15, -0.1) is 0 Å². The van der Waals surface area contributed by atoms with E-state index in [1.807, 2.05) is 22.6 Å². The maximum Gasteiger partial charge on any atom is 0.272 e. The number of rotatable bonds is 2. The predicted octanol–water partition coefficient (Wildman–Crippen LogP) is 3.16. The van der Waals surface area contributed by atoms with Gasteiger partial charge in [0.2, 0.25) is 0 Å². The molecule has 0 bridgehead atoms. The van der Waals surface area contributed by atoms with Crippen molar-refractivity contribution in [3.8, 4) is 0 Å². The van der Waals surface area contributed by atoms with Crippen molar-refractivity contribution in [3.05, 3.63) is 68.0 Å². The van der Waals surface area contributed by atoms with E-state index in [2.05, 4.69) is 10.9 Å². The number of carbonyl (C=O) groups is 2. The standard InChI is InChI=1S/C14H9ClFIN2O2/c15-8-5-6-10(12(17)7-8)14(21)19-18-13(20)9-3-1-2-4-11(9)16/h1-7H,(H,18,20)(H,19,21). The highest BCUT2D eigenvalue weighted by Gasteiger charge is 2.14. The molecule has 0 fully saturated rings. The Morgan fingerprint density at radius 1 is 1.00 bits per heavy atom. The molecule has 0 aliphatic rings. The van der Waals surface area contributed by atoms with Gasteiger partial charge in [-0.3, -0.25) is 20.4 Å². The van der Waals surface area contributed by atoms with Crippen LogP contribution >= 0.6 is 34.2 Å². The zero-order valence-electron chi connectivity index (χ0n) is 10.5. The van der Waals surface area contributed by atoms with Crippen LogP contribution in [0, 0.1) is 9.39 Å². The summed E-state index contributed by atoms with van der Waals surface area (Å²) in [5, 5.41) is 0.506. The fourth-order valence-electron chi connectivity index (χ4n) is 1.57. The minimum atomic E-state index is -0.731. The van der Waals surface area contributed by atoms with Crippen molar-refractivity contribution in [3.63, 3.8) is 0 Å². The minimum Gasteiger partial charge on any atom is -0.267 e. The Hall–Kier alpha value is -1.67. The molecule has 2 aromatic rings. The molecule has 7 heteroatoms. The smallest absolute Gasteiger partial charge is 0.267 e. The zero-order valence-corrected chi connectivity index (χ0v) is 13.4. The summed E-state index contributed by atoms with van der Waals surface area (Å²) < 4.78 is 14.0. The molecule has 21 heavy (non-hydrogen) atoms. The molecule has 0 saturated carbocycles. The second kappa shape index (κ2) is 6.86. The first kappa shape index (κ1) is 15.7. The van der Waals surface area contributed by atoms with E-state index in [1.165, 1.54) is 30.3 Å². The van der Waals surface area contributed by atoms with Gasteiger partial charge in [-0.2, -0.15) is 0 Å². The first-order valence-corrected chi connectivity index (χ1v) is 7.25. The lowest BCUT2D eigenvalue weighted by atomic mass is 10.2. The Bertz CT molecular complexity index is 709. The third-order valence-corrected chi connectivity index (χ3v) is 3.71. The fourth-order valence-corrected chi connectivity index (χ4v) is 2.68. The molecule has 2 aromatic carbocycles. The van der Waals surface area contributed by atoms with Crippen LogP contribution in [0.3, 0.4) is 0 Å². The number of benzene rings is 2. The van der Waals surface area contributed by atoms with Crippen molar-refractivity contribution >= 4 is 46.0 Å². The highest BCUT2D eigenvalue weighted by atomic mass is 127. The molecular weight excluding hydrogens is 410 g/mol. The summed E-state index contributed by atoms with van der Waals surface area (Å²) in [6, 6.07) is 10.2. The normalized spacial score (nSPS) is 10.0. The predicted molar refractivity (Wildman–Crippen MR) is 85.5 cm³/mol. The molecule has 0 aliphatic heterocycles. The highest BCUT2D eigenvalue weighted by Crippen LogP contribution is 2.17. The van der Waals surface area contributed by atoms with Gasteiger partial charge in [0.15, 0.2) is 0 Å². The number of hydrogen-bond acceptors (Lipinski definition) is 2. The summed E-state index contributed by atoms with van der Waals surface area (Å²) >= 11 is 7.76. The van der Waals surface area contributed by atoms with E-state index >= 15 is 0 Å². The maximum atomic E-state index is 13.4. The van der Waals surface area contributed by atoms with Gasteiger partial charge in [0, 0.05) is 8.59 Å². The van der Waals surface area contributed by atoms with Crippen molar-refractivity contribution in [2.45, 2.75) is 0 Å². The molecule has 0 unspecified atom stereocenters. The molecule has 0 atom stereocenters. The van der Waals surface area contributed by atoms with Crippen molar-refractivity contribution in [1.82, 2.24) is 10.9 Å². The number of nitrogens with one attached hydrogen (secondary N) is 2. The van der Waals surface area contributed by atoms with Gasteiger partial charge in [0.05, 0.1) is 11.1 Å². The van der Waals surface area contributed by atoms with E-state index in [4.69, 9.17) is 11.6 Å². The van der Waals surface area contributed by atoms with Crippen LogP contribution in [-0.2, 0) is 0 Å². The van der Waals surface area contributed by atoms with Crippen LogP contribution in [0.4, 0.5) is 4.39 Å². The van der Waals surface area contributed by atoms with Gasteiger partial charge in [0.25, 0.3) is 11.8 Å². The summed E-state index contributed by atoms with van der Waals surface area (Å²) in [5.41, 5.74) is 4.60. The Morgan fingerprint density at radius 3 is 2.24 bits per heavy atom. The SMILES string of the molecule is O=C(NNC(=O)c1ccc(Cl)cc1I)c1ccccc1F. The second-order valence-electron chi connectivity index (χ2n) is 4.01. The van der Waals surface area contributed by atoms with Gasteiger partial charge in [0.1, 0.15) is 5.82 Å². The van der Waals surface area contributed by atoms with Crippen molar-refractivity contribution < 1.29 is 14.0 Å². The molecule has 0 heterocycles. The molecule has 4 nitrogen and oxygen atoms in total. The van der Waals surface area contributed by atoms with Crippen LogP contribution in [0.2, 0.25) is 5.02 Å². The third kappa shape index (κ3) is 3.92. The quantitative estimate of drug-likeness (QED) is 0.581. The average Bonchev–Trinajstić information content (AvgIpc) is 2.45. The van der Waals surface area contributed by atoms with E-state index in [-0.39, 0.29) is 5.56 Å². The largest absolute Gasteiger partial charge is 0.272 e. The van der Waals surface area contributed by atoms with E-state index in [0.717, 1.165) is 0 Å². The summed E-state index contributed by atoms with van der Waals surface area (Å²) in [4.78, 5) is 23.7. The van der Waals surface area contributed by atoms with Crippen LogP contribution in [0.25, 0.3) is 0 Å². The van der Waals surface area contributed by atoms with Crippen molar-refractivity contribution in [1.29, 1.82) is 0 Å². The lowest BCUT2D eigenvalue weighted by Gasteiger charge is -2.09. The van der Waals surface area contributed by atoms with Crippen LogP contribution in [-0.4, -0.2) is 11.8 Å². The molecular formula is C14H9ClFIN2O2. The van der Waals surface area contributed by atoms with Gasteiger partial charge in [-0.1, -0.05) is 23.7 Å². The molecule has 2 rings (SSSR count). The van der Waals surface area contributed by atoms with Gasteiger partial charge in [-0.05, 0) is 52.9 Å². The molecule has 0 saturated heterocycles. The number of hydrogen-bond donors (Lipinski definition) is 2. The highest BCUT2D eigenvalue weighted by molar-refractivity contribution is 14.1. The maximum absolute atomic E-state index is 13.4. The van der Waals surface area contributed by atoms with Crippen LogP contribution in [0.1, 0.15) is 20.7 Å². The Morgan fingerprint density at radius 2 is 1.62 bits per heavy atom. The number of hydrazine groups is 1. The summed E-state index contributed by atoms with van der Waals surface area (Å²) in [6.45, 7) is 0. The molecule has 0 aromatic heterocycles. The van der Waals surface area contributed by atoms with Gasteiger partial charge < -0.3 is 0 Å². The van der Waals surface area contributed by atoms with Gasteiger partial charge in [-0.25, -0.2) is 4.39 Å². The summed E-state index contributed by atoms with van der Waals surface area (Å²) in [5.74, 6) is -1.91. The Kier molecular flexibility index (Phi) is 5.13. The lowest BCUT2D eigenvalue weighted by Crippen LogP contribution is -2.42. The van der Waals surface area contributed by atoms with Crippen LogP contribution in [0.15, 0.2) is 42.5 Å². The molecule has 2 amide bonds. The monoisotopic (exact) mass is 418 g/mol. The van der Waals surface area contributed by atoms with E-state index in [9.17, 15) is 14.0 Å². The third-order valence-electron chi connectivity index (χ3n) is 2.58. The van der Waals surface area contributed by atoms with Crippen LogP contribution in [0.5, 0.6) is 0 Å².